The molecule has 0 unspecified atom stereocenters. The fraction of sp³-hybridized carbons (Fsp3) is 0.394. The maximum absolute atomic E-state index is 13.8. The van der Waals surface area contributed by atoms with E-state index < -0.39 is 10.0 Å². The molecule has 0 amide bonds. The van der Waals surface area contributed by atoms with Gasteiger partial charge in [0.1, 0.15) is 11.6 Å². The molecule has 13 heteroatoms. The zero-order valence-electron chi connectivity index (χ0n) is 26.7. The Hall–Kier alpha value is -4.33. The summed E-state index contributed by atoms with van der Waals surface area (Å²) in [7, 11) is -3.84. The highest BCUT2D eigenvalue weighted by atomic mass is 32.2. The smallest absolute Gasteiger partial charge is 0.330 e. The van der Waals surface area contributed by atoms with Crippen LogP contribution < -0.4 is 10.3 Å². The van der Waals surface area contributed by atoms with E-state index >= 15 is 0 Å². The average Bonchev–Trinajstić information content (AvgIpc) is 3.36. The number of piperazine rings is 1. The van der Waals surface area contributed by atoms with E-state index in [1.165, 1.54) is 22.5 Å². The first-order valence-corrected chi connectivity index (χ1v) is 17.0. The molecule has 0 saturated carbocycles. The van der Waals surface area contributed by atoms with E-state index in [1.54, 1.807) is 30.5 Å². The second kappa shape index (κ2) is 14.4. The van der Waals surface area contributed by atoms with Crippen molar-refractivity contribution in [3.05, 3.63) is 81.5 Å². The van der Waals surface area contributed by atoms with Crippen LogP contribution in [-0.4, -0.2) is 82.6 Å². The first kappa shape index (κ1) is 33.0. The van der Waals surface area contributed by atoms with Gasteiger partial charge in [-0.3, -0.25) is 9.69 Å². The molecule has 2 aromatic carbocycles. The summed E-state index contributed by atoms with van der Waals surface area (Å²) in [5, 5.41) is 4.68. The Bertz CT molecular complexity index is 1890. The highest BCUT2D eigenvalue weighted by Crippen LogP contribution is 2.32. The Morgan fingerprint density at radius 3 is 2.43 bits per heavy atom. The van der Waals surface area contributed by atoms with E-state index in [1.807, 2.05) is 38.1 Å². The van der Waals surface area contributed by atoms with Crippen LogP contribution in [0.1, 0.15) is 49.8 Å². The van der Waals surface area contributed by atoms with E-state index in [-0.39, 0.29) is 22.2 Å². The van der Waals surface area contributed by atoms with Crippen molar-refractivity contribution in [2.75, 3.05) is 39.4 Å². The number of aromatic amines is 1. The molecule has 244 valence electrons. The summed E-state index contributed by atoms with van der Waals surface area (Å²) in [4.78, 5) is 34.3. The van der Waals surface area contributed by atoms with Gasteiger partial charge in [0.2, 0.25) is 10.0 Å². The van der Waals surface area contributed by atoms with Crippen molar-refractivity contribution in [3.8, 4) is 17.1 Å². The molecule has 1 saturated heterocycles. The van der Waals surface area contributed by atoms with Crippen LogP contribution in [0.2, 0.25) is 0 Å². The lowest BCUT2D eigenvalue weighted by Gasteiger charge is -2.34. The number of sulfonamides is 1. The van der Waals surface area contributed by atoms with Gasteiger partial charge < -0.3 is 14.5 Å². The maximum atomic E-state index is 13.8. The molecule has 0 atom stereocenters. The van der Waals surface area contributed by atoms with Crippen LogP contribution in [0.15, 0.2) is 58.2 Å². The van der Waals surface area contributed by atoms with Gasteiger partial charge in [-0.1, -0.05) is 31.2 Å². The fourth-order valence-electron chi connectivity index (χ4n) is 5.50. The molecular weight excluding hydrogens is 608 g/mol. The minimum atomic E-state index is -3.84. The summed E-state index contributed by atoms with van der Waals surface area (Å²) in [6, 6.07) is 12.6. The number of esters is 1. The first-order valence-electron chi connectivity index (χ1n) is 15.6. The van der Waals surface area contributed by atoms with Crippen molar-refractivity contribution in [2.24, 2.45) is 0 Å². The molecule has 0 aliphatic carbocycles. The van der Waals surface area contributed by atoms with Crippen molar-refractivity contribution in [1.29, 1.82) is 0 Å². The largest absolute Gasteiger partial charge is 0.493 e. The van der Waals surface area contributed by atoms with E-state index in [4.69, 9.17) is 9.47 Å². The maximum Gasteiger partial charge on any atom is 0.330 e. The van der Waals surface area contributed by atoms with E-state index in [9.17, 15) is 18.0 Å². The topological polar surface area (TPSA) is 139 Å². The second-order valence-electron chi connectivity index (χ2n) is 11.0. The number of carbonyl (C=O) groups is 1. The highest BCUT2D eigenvalue weighted by Gasteiger charge is 2.30. The van der Waals surface area contributed by atoms with Crippen LogP contribution >= 0.6 is 0 Å². The number of aryl methyl sites for hydroxylation is 2. The number of nitrogens with one attached hydrogen (secondary N) is 1. The Labute approximate surface area is 268 Å². The molecule has 1 aliphatic heterocycles. The van der Waals surface area contributed by atoms with Gasteiger partial charge in [0.05, 0.1) is 29.4 Å². The molecule has 0 radical (unpaired) electrons. The molecule has 5 rings (SSSR count). The van der Waals surface area contributed by atoms with Gasteiger partial charge >= 0.3 is 5.97 Å². The molecule has 2 aromatic heterocycles. The molecule has 1 aliphatic rings. The highest BCUT2D eigenvalue weighted by molar-refractivity contribution is 7.89. The van der Waals surface area contributed by atoms with E-state index in [0.29, 0.717) is 80.7 Å². The fourth-order valence-corrected chi connectivity index (χ4v) is 6.95. The minimum absolute atomic E-state index is 0.101. The van der Waals surface area contributed by atoms with Crippen LogP contribution in [0.5, 0.6) is 5.75 Å². The average molecular weight is 649 g/mol. The summed E-state index contributed by atoms with van der Waals surface area (Å²) in [6.07, 6.45) is 4.59. The van der Waals surface area contributed by atoms with Crippen molar-refractivity contribution < 1.29 is 22.7 Å². The second-order valence-corrected chi connectivity index (χ2v) is 13.0. The van der Waals surface area contributed by atoms with Crippen LogP contribution in [-0.2, 0) is 32.5 Å². The molecule has 12 nitrogen and oxygen atoms in total. The van der Waals surface area contributed by atoms with E-state index in [0.717, 1.165) is 17.5 Å². The number of nitrogens with zero attached hydrogens (tertiary/aromatic N) is 5. The van der Waals surface area contributed by atoms with Gasteiger partial charge in [0, 0.05) is 45.2 Å². The van der Waals surface area contributed by atoms with Crippen LogP contribution in [0, 0.1) is 6.92 Å². The van der Waals surface area contributed by atoms with Gasteiger partial charge in [0.25, 0.3) is 5.56 Å². The van der Waals surface area contributed by atoms with Crippen LogP contribution in [0.25, 0.3) is 23.0 Å². The lowest BCUT2D eigenvalue weighted by atomic mass is 10.1. The predicted molar refractivity (Wildman–Crippen MR) is 175 cm³/mol. The molecule has 0 spiro atoms. The van der Waals surface area contributed by atoms with Gasteiger partial charge in [-0.15, -0.1) is 5.10 Å². The van der Waals surface area contributed by atoms with Crippen LogP contribution in [0.3, 0.4) is 0 Å². The zero-order valence-corrected chi connectivity index (χ0v) is 27.5. The van der Waals surface area contributed by atoms with Gasteiger partial charge in [-0.05, 0) is 62.6 Å². The number of carbonyl (C=O) groups excluding carboxylic acids is 1. The number of rotatable bonds is 12. The molecule has 1 fully saturated rings. The van der Waals surface area contributed by atoms with Crippen molar-refractivity contribution in [3.63, 3.8) is 0 Å². The predicted octanol–water partition coefficient (Wildman–Crippen LogP) is 3.83. The quantitative estimate of drug-likeness (QED) is 0.179. The zero-order chi connectivity index (χ0) is 32.8. The lowest BCUT2D eigenvalue weighted by Crippen LogP contribution is -2.48. The lowest BCUT2D eigenvalue weighted by molar-refractivity contribution is -0.137. The number of H-pyrrole nitrogens is 1. The number of hydrogen-bond donors (Lipinski definition) is 1. The Balaban J connectivity index is 1.32. The molecule has 1 N–H and O–H groups in total. The molecule has 46 heavy (non-hydrogen) atoms. The third-order valence-corrected chi connectivity index (χ3v) is 9.67. The number of benzene rings is 2. The Morgan fingerprint density at radius 2 is 1.76 bits per heavy atom. The number of ether oxygens (including phenoxy) is 2. The minimum Gasteiger partial charge on any atom is -0.493 e. The Morgan fingerprint density at radius 1 is 1.02 bits per heavy atom. The monoisotopic (exact) mass is 648 g/mol. The van der Waals surface area contributed by atoms with Crippen molar-refractivity contribution in [2.45, 2.75) is 52.0 Å². The van der Waals surface area contributed by atoms with Crippen molar-refractivity contribution >= 4 is 27.6 Å². The first-order chi connectivity index (χ1) is 22.1. The molecule has 3 heterocycles. The number of imidazole rings is 1. The summed E-state index contributed by atoms with van der Waals surface area (Å²) < 4.78 is 41.5. The van der Waals surface area contributed by atoms with Gasteiger partial charge in [-0.2, -0.15) is 4.31 Å². The molecule has 0 bridgehead atoms. The normalized spacial score (nSPS) is 14.7. The standard InChI is InChI=1S/C33H40N6O6S/c1-5-8-29-34-23(4)31-33(41)35-32(36-39(29)31)27-21-26(14-15-28(27)44-6-2)46(42,43)38-19-17-37(18-20-38)22-25-11-9-24(10-12-25)13-16-30(40)45-7-3/h9-16,21H,5-8,17-20,22H2,1-4H3,(H,35,36,41)/b16-13+. The summed E-state index contributed by atoms with van der Waals surface area (Å²) in [5.74, 6) is 0.924. The third kappa shape index (κ3) is 7.22. The summed E-state index contributed by atoms with van der Waals surface area (Å²) in [6.45, 7) is 10.6. The third-order valence-electron chi connectivity index (χ3n) is 7.78. The number of fused-ring (bicyclic) bond motifs is 1. The number of hydrogen-bond acceptors (Lipinski definition) is 9. The SMILES string of the molecule is CCCc1nc(C)c2c(=O)[nH]c(-c3cc(S(=O)(=O)N4CCN(Cc5ccc(/C=C/C(=O)OCC)cc5)CC4)ccc3OCC)nn12. The number of aromatic nitrogens is 4. The van der Waals surface area contributed by atoms with E-state index in [2.05, 4.69) is 20.0 Å². The van der Waals surface area contributed by atoms with Gasteiger partial charge in [0.15, 0.2) is 11.3 Å². The Kier molecular flexibility index (Phi) is 10.3. The van der Waals surface area contributed by atoms with Crippen molar-refractivity contribution in [1.82, 2.24) is 28.8 Å². The van der Waals surface area contributed by atoms with Crippen LogP contribution in [0.4, 0.5) is 0 Å². The summed E-state index contributed by atoms with van der Waals surface area (Å²) in [5.41, 5.74) is 2.97. The molecular formula is C33H40N6O6S. The molecule has 4 aromatic rings. The van der Waals surface area contributed by atoms with Gasteiger partial charge in [-0.25, -0.2) is 22.7 Å². The summed E-state index contributed by atoms with van der Waals surface area (Å²) >= 11 is 0.